The Morgan fingerprint density at radius 2 is 2.43 bits per heavy atom. The Morgan fingerprint density at radius 3 is 3.07 bits per heavy atom. The van der Waals surface area contributed by atoms with Crippen molar-refractivity contribution in [1.29, 1.82) is 0 Å². The van der Waals surface area contributed by atoms with Gasteiger partial charge in [0.05, 0.1) is 6.04 Å². The first kappa shape index (κ1) is 9.46. The van der Waals surface area contributed by atoms with Gasteiger partial charge < -0.3 is 9.73 Å². The first-order valence-electron chi connectivity index (χ1n) is 5.14. The molecule has 1 aromatic heterocycles. The van der Waals surface area contributed by atoms with Crippen LogP contribution in [-0.4, -0.2) is 11.5 Å². The van der Waals surface area contributed by atoms with Gasteiger partial charge in [0.15, 0.2) is 0 Å². The number of aryl methyl sites for hydroxylation is 1. The molecule has 1 unspecified atom stereocenters. The molecule has 14 heavy (non-hydrogen) atoms. The normalized spacial score (nSPS) is 22.3. The third-order valence-corrected chi connectivity index (χ3v) is 2.53. The van der Waals surface area contributed by atoms with Gasteiger partial charge in [-0.05, 0) is 39.3 Å². The number of nitrogens with zero attached hydrogens (tertiary/aromatic N) is 1. The Morgan fingerprint density at radius 1 is 1.57 bits per heavy atom. The molecular formula is C11H16N2O. The van der Waals surface area contributed by atoms with Gasteiger partial charge in [-0.2, -0.15) is 0 Å². The molecule has 1 N–H and O–H groups in total. The van der Waals surface area contributed by atoms with Crippen LogP contribution in [0.2, 0.25) is 0 Å². The predicted molar refractivity (Wildman–Crippen MR) is 55.9 cm³/mol. The number of hydrogen-bond acceptors (Lipinski definition) is 3. The summed E-state index contributed by atoms with van der Waals surface area (Å²) in [4.78, 5) is 4.47. The van der Waals surface area contributed by atoms with E-state index in [0.717, 1.165) is 30.3 Å². The maximum absolute atomic E-state index is 5.63. The highest BCUT2D eigenvalue weighted by Crippen LogP contribution is 2.24. The standard InChI is InChI=1S/C11H16N2O/c1-3-5-9-8(2)14-11(13-9)10-6-4-7-12-10/h3,5,10,12H,4,6-7H2,1-2H3. The molecule has 1 fully saturated rings. The van der Waals surface area contributed by atoms with E-state index in [2.05, 4.69) is 10.3 Å². The fourth-order valence-corrected chi connectivity index (χ4v) is 1.79. The highest BCUT2D eigenvalue weighted by atomic mass is 16.4. The second-order valence-corrected chi connectivity index (χ2v) is 3.64. The molecule has 1 aliphatic rings. The first-order valence-corrected chi connectivity index (χ1v) is 5.14. The summed E-state index contributed by atoms with van der Waals surface area (Å²) >= 11 is 0. The number of aromatic nitrogens is 1. The van der Waals surface area contributed by atoms with Crippen LogP contribution in [0.1, 0.15) is 43.2 Å². The minimum Gasteiger partial charge on any atom is -0.444 e. The average molecular weight is 192 g/mol. The molecular weight excluding hydrogens is 176 g/mol. The second kappa shape index (κ2) is 3.96. The molecule has 1 saturated heterocycles. The summed E-state index contributed by atoms with van der Waals surface area (Å²) < 4.78 is 5.63. The minimum absolute atomic E-state index is 0.327. The number of allylic oxidation sites excluding steroid dienone is 1. The Labute approximate surface area is 84.2 Å². The van der Waals surface area contributed by atoms with E-state index < -0.39 is 0 Å². The molecule has 0 saturated carbocycles. The summed E-state index contributed by atoms with van der Waals surface area (Å²) in [5, 5.41) is 3.38. The fraction of sp³-hybridized carbons (Fsp3) is 0.545. The van der Waals surface area contributed by atoms with Gasteiger partial charge in [0, 0.05) is 0 Å². The van der Waals surface area contributed by atoms with Crippen molar-refractivity contribution in [3.8, 4) is 0 Å². The van der Waals surface area contributed by atoms with E-state index >= 15 is 0 Å². The zero-order valence-electron chi connectivity index (χ0n) is 8.71. The van der Waals surface area contributed by atoms with Crippen LogP contribution in [0.15, 0.2) is 10.5 Å². The van der Waals surface area contributed by atoms with Gasteiger partial charge in [-0.15, -0.1) is 0 Å². The Kier molecular flexibility index (Phi) is 2.68. The zero-order chi connectivity index (χ0) is 9.97. The molecule has 2 rings (SSSR count). The lowest BCUT2D eigenvalue weighted by Crippen LogP contribution is -2.12. The summed E-state index contributed by atoms with van der Waals surface area (Å²) in [5.41, 5.74) is 0.955. The van der Waals surface area contributed by atoms with Crippen LogP contribution in [0.25, 0.3) is 6.08 Å². The van der Waals surface area contributed by atoms with E-state index in [9.17, 15) is 0 Å². The molecule has 0 amide bonds. The van der Waals surface area contributed by atoms with Gasteiger partial charge in [0.2, 0.25) is 5.89 Å². The van der Waals surface area contributed by atoms with Gasteiger partial charge in [-0.3, -0.25) is 0 Å². The Bertz CT molecular complexity index is 335. The number of oxazole rings is 1. The van der Waals surface area contributed by atoms with Crippen LogP contribution in [0.4, 0.5) is 0 Å². The molecule has 0 aromatic carbocycles. The van der Waals surface area contributed by atoms with Gasteiger partial charge in [-0.25, -0.2) is 4.98 Å². The minimum atomic E-state index is 0.327. The highest BCUT2D eigenvalue weighted by Gasteiger charge is 2.21. The first-order chi connectivity index (χ1) is 6.81. The molecule has 3 nitrogen and oxygen atoms in total. The van der Waals surface area contributed by atoms with Crippen LogP contribution in [0.5, 0.6) is 0 Å². The maximum Gasteiger partial charge on any atom is 0.212 e. The van der Waals surface area contributed by atoms with Crippen LogP contribution in [0.3, 0.4) is 0 Å². The van der Waals surface area contributed by atoms with Crippen molar-refractivity contribution in [3.05, 3.63) is 23.4 Å². The summed E-state index contributed by atoms with van der Waals surface area (Å²) in [7, 11) is 0. The van der Waals surface area contributed by atoms with Crippen LogP contribution < -0.4 is 5.32 Å². The smallest absolute Gasteiger partial charge is 0.212 e. The van der Waals surface area contributed by atoms with E-state index in [4.69, 9.17) is 4.42 Å². The SMILES string of the molecule is CC=Cc1nc(C2CCCN2)oc1C. The molecule has 0 aliphatic carbocycles. The highest BCUT2D eigenvalue weighted by molar-refractivity contribution is 5.45. The number of hydrogen-bond donors (Lipinski definition) is 1. The number of nitrogens with one attached hydrogen (secondary N) is 1. The van der Waals surface area contributed by atoms with Crippen molar-refractivity contribution in [3.63, 3.8) is 0 Å². The van der Waals surface area contributed by atoms with E-state index in [1.165, 1.54) is 6.42 Å². The summed E-state index contributed by atoms with van der Waals surface area (Å²) in [5.74, 6) is 1.75. The third-order valence-electron chi connectivity index (χ3n) is 2.53. The lowest BCUT2D eigenvalue weighted by molar-refractivity contribution is 0.414. The van der Waals surface area contributed by atoms with E-state index in [1.807, 2.05) is 26.0 Å². The van der Waals surface area contributed by atoms with Gasteiger partial charge in [0.1, 0.15) is 11.5 Å². The van der Waals surface area contributed by atoms with E-state index in [1.54, 1.807) is 0 Å². The molecule has 0 spiro atoms. The van der Waals surface area contributed by atoms with Crippen molar-refractivity contribution in [2.75, 3.05) is 6.54 Å². The average Bonchev–Trinajstić information content (AvgIpc) is 2.76. The molecule has 0 radical (unpaired) electrons. The molecule has 1 atom stereocenters. The molecule has 3 heteroatoms. The maximum atomic E-state index is 5.63. The lowest BCUT2D eigenvalue weighted by Gasteiger charge is -2.02. The van der Waals surface area contributed by atoms with E-state index in [0.29, 0.717) is 6.04 Å². The van der Waals surface area contributed by atoms with Gasteiger partial charge in [0.25, 0.3) is 0 Å². The predicted octanol–water partition coefficient (Wildman–Crippen LogP) is 2.44. The van der Waals surface area contributed by atoms with Crippen molar-refractivity contribution in [2.45, 2.75) is 32.7 Å². The topological polar surface area (TPSA) is 38.1 Å². The van der Waals surface area contributed by atoms with Crippen molar-refractivity contribution < 1.29 is 4.42 Å². The molecule has 1 aromatic rings. The summed E-state index contributed by atoms with van der Waals surface area (Å²) in [6.07, 6.45) is 6.31. The third kappa shape index (κ3) is 1.73. The fourth-order valence-electron chi connectivity index (χ4n) is 1.79. The zero-order valence-corrected chi connectivity index (χ0v) is 8.71. The molecule has 1 aliphatic heterocycles. The van der Waals surface area contributed by atoms with Crippen molar-refractivity contribution in [1.82, 2.24) is 10.3 Å². The van der Waals surface area contributed by atoms with Gasteiger partial charge >= 0.3 is 0 Å². The lowest BCUT2D eigenvalue weighted by atomic mass is 10.2. The summed E-state index contributed by atoms with van der Waals surface area (Å²) in [6, 6.07) is 0.327. The monoisotopic (exact) mass is 192 g/mol. The van der Waals surface area contributed by atoms with E-state index in [-0.39, 0.29) is 0 Å². The Hall–Kier alpha value is -1.09. The second-order valence-electron chi connectivity index (χ2n) is 3.64. The van der Waals surface area contributed by atoms with Crippen molar-refractivity contribution >= 4 is 6.08 Å². The quantitative estimate of drug-likeness (QED) is 0.782. The molecule has 0 bridgehead atoms. The van der Waals surface area contributed by atoms with Crippen LogP contribution in [-0.2, 0) is 0 Å². The number of rotatable bonds is 2. The molecule has 76 valence electrons. The van der Waals surface area contributed by atoms with Crippen molar-refractivity contribution in [2.24, 2.45) is 0 Å². The van der Waals surface area contributed by atoms with Crippen LogP contribution in [0, 0.1) is 6.92 Å². The summed E-state index contributed by atoms with van der Waals surface area (Å²) in [6.45, 7) is 5.02. The van der Waals surface area contributed by atoms with Gasteiger partial charge in [-0.1, -0.05) is 6.08 Å². The molecule has 2 heterocycles. The largest absolute Gasteiger partial charge is 0.444 e. The van der Waals surface area contributed by atoms with Crippen LogP contribution >= 0.6 is 0 Å². The Balaban J connectivity index is 2.22.